The van der Waals surface area contributed by atoms with Crippen molar-refractivity contribution in [3.63, 3.8) is 0 Å². The number of halogens is 2. The fourth-order valence-corrected chi connectivity index (χ4v) is 2.89. The first-order valence-corrected chi connectivity index (χ1v) is 7.41. The number of rotatable bonds is 5. The summed E-state index contributed by atoms with van der Waals surface area (Å²) >= 11 is 0. The van der Waals surface area contributed by atoms with Gasteiger partial charge >= 0.3 is 0 Å². The molecule has 112 valence electrons. The van der Waals surface area contributed by atoms with Gasteiger partial charge in [-0.05, 0) is 43.8 Å². The lowest BCUT2D eigenvalue weighted by atomic mass is 9.95. The lowest BCUT2D eigenvalue weighted by molar-refractivity contribution is 0.291. The maximum absolute atomic E-state index is 13.7. The van der Waals surface area contributed by atoms with E-state index in [0.29, 0.717) is 12.3 Å². The van der Waals surface area contributed by atoms with Crippen molar-refractivity contribution < 1.29 is 8.78 Å². The van der Waals surface area contributed by atoms with Gasteiger partial charge in [0.1, 0.15) is 0 Å². The highest BCUT2D eigenvalue weighted by Gasteiger charge is 2.25. The zero-order valence-corrected chi connectivity index (χ0v) is 12.3. The van der Waals surface area contributed by atoms with Crippen LogP contribution in [-0.2, 0) is 0 Å². The first-order valence-electron chi connectivity index (χ1n) is 7.41. The molecule has 0 bridgehead atoms. The van der Waals surface area contributed by atoms with Crippen LogP contribution in [0.25, 0.3) is 0 Å². The van der Waals surface area contributed by atoms with E-state index in [4.69, 9.17) is 5.73 Å². The molecule has 1 aliphatic heterocycles. The third-order valence-corrected chi connectivity index (χ3v) is 4.39. The van der Waals surface area contributed by atoms with Gasteiger partial charge in [-0.1, -0.05) is 26.0 Å². The smallest absolute Gasteiger partial charge is 0.163 e. The summed E-state index contributed by atoms with van der Waals surface area (Å²) in [5, 5.41) is 0. The third-order valence-electron chi connectivity index (χ3n) is 4.39. The predicted octanol–water partition coefficient (Wildman–Crippen LogP) is 3.33. The molecule has 1 saturated heterocycles. The fourth-order valence-electron chi connectivity index (χ4n) is 2.89. The van der Waals surface area contributed by atoms with E-state index < -0.39 is 17.7 Å². The van der Waals surface area contributed by atoms with Crippen molar-refractivity contribution in [3.8, 4) is 0 Å². The average molecular weight is 282 g/mol. The van der Waals surface area contributed by atoms with Gasteiger partial charge in [-0.15, -0.1) is 0 Å². The molecule has 0 radical (unpaired) electrons. The fraction of sp³-hybridized carbons (Fsp3) is 0.625. The van der Waals surface area contributed by atoms with E-state index in [0.717, 1.165) is 31.6 Å². The molecule has 0 aromatic heterocycles. The van der Waals surface area contributed by atoms with E-state index >= 15 is 0 Å². The van der Waals surface area contributed by atoms with E-state index in [2.05, 4.69) is 18.7 Å². The van der Waals surface area contributed by atoms with Gasteiger partial charge in [0.05, 0.1) is 0 Å². The van der Waals surface area contributed by atoms with E-state index in [-0.39, 0.29) is 5.56 Å². The van der Waals surface area contributed by atoms with Crippen LogP contribution in [0.15, 0.2) is 18.2 Å². The van der Waals surface area contributed by atoms with Crippen molar-refractivity contribution in [2.24, 2.45) is 17.6 Å². The lowest BCUT2D eigenvalue weighted by Gasteiger charge is -2.20. The molecule has 1 aromatic carbocycles. The summed E-state index contributed by atoms with van der Waals surface area (Å²) in [5.41, 5.74) is 6.29. The second kappa shape index (κ2) is 6.64. The molecule has 0 spiro atoms. The van der Waals surface area contributed by atoms with E-state index in [9.17, 15) is 8.78 Å². The van der Waals surface area contributed by atoms with Crippen LogP contribution in [0.1, 0.15) is 38.3 Å². The molecular weight excluding hydrogens is 258 g/mol. The van der Waals surface area contributed by atoms with E-state index in [1.807, 2.05) is 0 Å². The summed E-state index contributed by atoms with van der Waals surface area (Å²) in [5.74, 6) is -0.174. The number of hydrogen-bond donors (Lipinski definition) is 1. The Labute approximate surface area is 120 Å². The Morgan fingerprint density at radius 2 is 2.10 bits per heavy atom. The van der Waals surface area contributed by atoms with Crippen LogP contribution in [0.5, 0.6) is 0 Å². The van der Waals surface area contributed by atoms with Crippen LogP contribution in [-0.4, -0.2) is 24.5 Å². The van der Waals surface area contributed by atoms with Gasteiger partial charge in [-0.25, -0.2) is 8.78 Å². The first kappa shape index (κ1) is 15.4. The van der Waals surface area contributed by atoms with Crippen LogP contribution in [0, 0.1) is 23.5 Å². The summed E-state index contributed by atoms with van der Waals surface area (Å²) in [6.07, 6.45) is 1.88. The highest BCUT2D eigenvalue weighted by atomic mass is 19.2. The van der Waals surface area contributed by atoms with Gasteiger partial charge in [0.2, 0.25) is 0 Å². The van der Waals surface area contributed by atoms with Crippen molar-refractivity contribution in [2.45, 2.75) is 32.7 Å². The van der Waals surface area contributed by atoms with Gasteiger partial charge in [0, 0.05) is 18.2 Å². The predicted molar refractivity (Wildman–Crippen MR) is 77.3 cm³/mol. The summed E-state index contributed by atoms with van der Waals surface area (Å²) in [6, 6.07) is 3.77. The highest BCUT2D eigenvalue weighted by Crippen LogP contribution is 2.25. The topological polar surface area (TPSA) is 29.3 Å². The second-order valence-electron chi connectivity index (χ2n) is 6.13. The number of nitrogens with two attached hydrogens (primary N) is 1. The van der Waals surface area contributed by atoms with E-state index in [1.54, 1.807) is 6.07 Å². The van der Waals surface area contributed by atoms with Gasteiger partial charge in [-0.3, -0.25) is 0 Å². The number of nitrogens with zero attached hydrogens (tertiary/aromatic N) is 1. The Morgan fingerprint density at radius 1 is 1.35 bits per heavy atom. The summed E-state index contributed by atoms with van der Waals surface area (Å²) in [6.45, 7) is 7.53. The van der Waals surface area contributed by atoms with Crippen LogP contribution in [0.2, 0.25) is 0 Å². The minimum atomic E-state index is -0.820. The average Bonchev–Trinajstić information content (AvgIpc) is 2.88. The van der Waals surface area contributed by atoms with Gasteiger partial charge in [-0.2, -0.15) is 0 Å². The van der Waals surface area contributed by atoms with Crippen LogP contribution in [0.4, 0.5) is 8.78 Å². The zero-order chi connectivity index (χ0) is 14.7. The molecule has 4 heteroatoms. The standard InChI is InChI=1S/C16H24F2N2/c1-11(2)12-6-8-20(10-12)9-7-15(19)13-4-3-5-14(17)16(13)18/h3-5,11-12,15H,6-10,19H2,1-2H3. The summed E-state index contributed by atoms with van der Waals surface area (Å²) in [4.78, 5) is 2.38. The Hall–Kier alpha value is -1.00. The van der Waals surface area contributed by atoms with E-state index in [1.165, 1.54) is 12.5 Å². The molecule has 0 aliphatic carbocycles. The quantitative estimate of drug-likeness (QED) is 0.897. The van der Waals surface area contributed by atoms with Crippen LogP contribution >= 0.6 is 0 Å². The molecule has 0 saturated carbocycles. The van der Waals surface area contributed by atoms with Crippen molar-refractivity contribution in [2.75, 3.05) is 19.6 Å². The second-order valence-corrected chi connectivity index (χ2v) is 6.13. The number of hydrogen-bond acceptors (Lipinski definition) is 2. The lowest BCUT2D eigenvalue weighted by Crippen LogP contribution is -2.26. The molecule has 1 aromatic rings. The number of benzene rings is 1. The zero-order valence-electron chi connectivity index (χ0n) is 12.3. The molecule has 1 fully saturated rings. The summed E-state index contributed by atoms with van der Waals surface area (Å²) < 4.78 is 26.8. The van der Waals surface area contributed by atoms with Crippen molar-refractivity contribution in [3.05, 3.63) is 35.4 Å². The van der Waals surface area contributed by atoms with Gasteiger partial charge < -0.3 is 10.6 Å². The SMILES string of the molecule is CC(C)C1CCN(CCC(N)c2cccc(F)c2F)C1. The van der Waals surface area contributed by atoms with Gasteiger partial charge in [0.15, 0.2) is 11.6 Å². The molecule has 2 atom stereocenters. The maximum atomic E-state index is 13.7. The van der Waals surface area contributed by atoms with Crippen molar-refractivity contribution in [1.82, 2.24) is 4.90 Å². The monoisotopic (exact) mass is 282 g/mol. The Kier molecular flexibility index (Phi) is 5.11. The Balaban J connectivity index is 1.87. The molecule has 2 unspecified atom stereocenters. The molecular formula is C16H24F2N2. The highest BCUT2D eigenvalue weighted by molar-refractivity contribution is 5.22. The molecule has 2 N–H and O–H groups in total. The minimum Gasteiger partial charge on any atom is -0.324 e. The Morgan fingerprint density at radius 3 is 2.75 bits per heavy atom. The van der Waals surface area contributed by atoms with Crippen LogP contribution < -0.4 is 5.73 Å². The van der Waals surface area contributed by atoms with Crippen molar-refractivity contribution in [1.29, 1.82) is 0 Å². The first-order chi connectivity index (χ1) is 9.49. The van der Waals surface area contributed by atoms with Crippen molar-refractivity contribution >= 4 is 0 Å². The third kappa shape index (κ3) is 3.55. The van der Waals surface area contributed by atoms with Gasteiger partial charge in [0.25, 0.3) is 0 Å². The Bertz CT molecular complexity index is 448. The molecule has 1 heterocycles. The maximum Gasteiger partial charge on any atom is 0.163 e. The molecule has 20 heavy (non-hydrogen) atoms. The molecule has 0 amide bonds. The normalized spacial score (nSPS) is 21.6. The largest absolute Gasteiger partial charge is 0.324 e. The molecule has 2 nitrogen and oxygen atoms in total. The minimum absolute atomic E-state index is 0.282. The van der Waals surface area contributed by atoms with Crippen LogP contribution in [0.3, 0.4) is 0 Å². The number of likely N-dealkylation sites (tertiary alicyclic amines) is 1. The molecule has 1 aliphatic rings. The molecule has 2 rings (SSSR count). The summed E-state index contributed by atoms with van der Waals surface area (Å²) in [7, 11) is 0.